The normalized spacial score (nSPS) is 19.3. The Morgan fingerprint density at radius 1 is 1.17 bits per heavy atom. The van der Waals surface area contributed by atoms with Gasteiger partial charge in [0.05, 0.1) is 6.42 Å². The second kappa shape index (κ2) is 6.37. The van der Waals surface area contributed by atoms with Gasteiger partial charge in [0.1, 0.15) is 5.82 Å². The van der Waals surface area contributed by atoms with Gasteiger partial charge < -0.3 is 5.11 Å². The molecule has 0 saturated carbocycles. The van der Waals surface area contributed by atoms with Gasteiger partial charge in [0, 0.05) is 5.92 Å². The van der Waals surface area contributed by atoms with Crippen molar-refractivity contribution in [1.29, 1.82) is 0 Å². The van der Waals surface area contributed by atoms with Crippen molar-refractivity contribution in [3.8, 4) is 0 Å². The number of hydrogen-bond acceptors (Lipinski definition) is 1. The maximum atomic E-state index is 13.8. The zero-order valence-electron chi connectivity index (χ0n) is 12.8. The van der Waals surface area contributed by atoms with Crippen molar-refractivity contribution in [3.05, 3.63) is 83.2 Å². The van der Waals surface area contributed by atoms with Gasteiger partial charge in [0.15, 0.2) is 0 Å². The molecule has 0 amide bonds. The largest absolute Gasteiger partial charge is 0.481 e. The lowest BCUT2D eigenvalue weighted by Gasteiger charge is -2.26. The lowest BCUT2D eigenvalue weighted by atomic mass is 9.77. The quantitative estimate of drug-likeness (QED) is 0.835. The summed E-state index contributed by atoms with van der Waals surface area (Å²) in [4.78, 5) is 11.4. The van der Waals surface area contributed by atoms with E-state index in [0.29, 0.717) is 12.8 Å². The third kappa shape index (κ3) is 3.04. The van der Waals surface area contributed by atoms with E-state index >= 15 is 0 Å². The number of halogens is 1. The molecule has 3 heteroatoms. The first-order valence-corrected chi connectivity index (χ1v) is 7.79. The second-order valence-corrected chi connectivity index (χ2v) is 6.05. The van der Waals surface area contributed by atoms with Crippen LogP contribution in [0, 0.1) is 5.82 Å². The Labute approximate surface area is 135 Å². The summed E-state index contributed by atoms with van der Waals surface area (Å²) in [5, 5.41) is 9.37. The molecular weight excluding hydrogens is 291 g/mol. The molecule has 0 unspecified atom stereocenters. The van der Waals surface area contributed by atoms with Crippen LogP contribution in [-0.4, -0.2) is 11.1 Å². The molecular formula is C20H19FO2. The maximum absolute atomic E-state index is 13.8. The SMILES string of the molecule is C=CC[C@@H]1c2ccccc2Cc2ccc(F)cc2[C@H]1CC(=O)O. The fourth-order valence-electron chi connectivity index (χ4n) is 3.68. The fraction of sp³-hybridized carbons (Fsp3) is 0.250. The summed E-state index contributed by atoms with van der Waals surface area (Å²) in [7, 11) is 0. The summed E-state index contributed by atoms with van der Waals surface area (Å²) in [6.45, 7) is 3.82. The van der Waals surface area contributed by atoms with Crippen LogP contribution in [0.15, 0.2) is 55.1 Å². The molecule has 2 aromatic rings. The zero-order chi connectivity index (χ0) is 16.4. The van der Waals surface area contributed by atoms with Crippen LogP contribution in [0.3, 0.4) is 0 Å². The molecule has 1 N–H and O–H groups in total. The highest BCUT2D eigenvalue weighted by molar-refractivity contribution is 5.69. The van der Waals surface area contributed by atoms with Crippen molar-refractivity contribution >= 4 is 5.97 Å². The molecule has 1 aliphatic carbocycles. The van der Waals surface area contributed by atoms with Gasteiger partial charge in [0.25, 0.3) is 0 Å². The Hall–Kier alpha value is -2.42. The van der Waals surface area contributed by atoms with Gasteiger partial charge in [0.2, 0.25) is 0 Å². The summed E-state index contributed by atoms with van der Waals surface area (Å²) in [5.74, 6) is -1.43. The minimum absolute atomic E-state index is 0.00264. The van der Waals surface area contributed by atoms with Gasteiger partial charge in [-0.3, -0.25) is 4.79 Å². The predicted molar refractivity (Wildman–Crippen MR) is 88.2 cm³/mol. The van der Waals surface area contributed by atoms with Crippen LogP contribution in [0.4, 0.5) is 4.39 Å². The molecule has 0 fully saturated rings. The van der Waals surface area contributed by atoms with Crippen LogP contribution in [0.5, 0.6) is 0 Å². The molecule has 0 aromatic heterocycles. The third-order valence-corrected chi connectivity index (χ3v) is 4.64. The Morgan fingerprint density at radius 3 is 2.65 bits per heavy atom. The van der Waals surface area contributed by atoms with E-state index in [-0.39, 0.29) is 24.1 Å². The van der Waals surface area contributed by atoms with Crippen molar-refractivity contribution in [2.75, 3.05) is 0 Å². The molecule has 0 bridgehead atoms. The highest BCUT2D eigenvalue weighted by Gasteiger charge is 2.32. The maximum Gasteiger partial charge on any atom is 0.303 e. The Morgan fingerprint density at radius 2 is 1.91 bits per heavy atom. The fourth-order valence-corrected chi connectivity index (χ4v) is 3.68. The van der Waals surface area contributed by atoms with Gasteiger partial charge in [-0.1, -0.05) is 36.4 Å². The van der Waals surface area contributed by atoms with Gasteiger partial charge >= 0.3 is 5.97 Å². The summed E-state index contributed by atoms with van der Waals surface area (Å²) in [6, 6.07) is 12.8. The first-order chi connectivity index (χ1) is 11.1. The highest BCUT2D eigenvalue weighted by atomic mass is 19.1. The number of benzene rings is 2. The molecule has 0 aliphatic heterocycles. The first kappa shape index (κ1) is 15.5. The first-order valence-electron chi connectivity index (χ1n) is 7.79. The minimum atomic E-state index is -0.862. The van der Waals surface area contributed by atoms with Crippen molar-refractivity contribution in [1.82, 2.24) is 0 Å². The summed E-state index contributed by atoms with van der Waals surface area (Å²) in [5.41, 5.74) is 4.16. The predicted octanol–water partition coefficient (Wildman–Crippen LogP) is 4.65. The topological polar surface area (TPSA) is 37.3 Å². The lowest BCUT2D eigenvalue weighted by molar-refractivity contribution is -0.137. The van der Waals surface area contributed by atoms with Crippen LogP contribution in [0.1, 0.15) is 46.9 Å². The third-order valence-electron chi connectivity index (χ3n) is 4.64. The zero-order valence-corrected chi connectivity index (χ0v) is 12.8. The van der Waals surface area contributed by atoms with Crippen molar-refractivity contribution in [3.63, 3.8) is 0 Å². The standard InChI is InChI=1S/C20H19FO2/c1-2-5-17-16-7-4-3-6-13(16)10-14-8-9-15(21)11-18(14)19(17)12-20(22)23/h2-4,6-9,11,17,19H,1,5,10,12H2,(H,22,23)/t17-,19+/m1/s1. The molecule has 23 heavy (non-hydrogen) atoms. The van der Waals surface area contributed by atoms with E-state index in [1.807, 2.05) is 18.2 Å². The summed E-state index contributed by atoms with van der Waals surface area (Å²) >= 11 is 0. The van der Waals surface area contributed by atoms with Crippen LogP contribution < -0.4 is 0 Å². The monoisotopic (exact) mass is 310 g/mol. The number of aliphatic carboxylic acids is 1. The Bertz CT molecular complexity index is 751. The number of carboxylic acids is 1. The molecule has 0 spiro atoms. The molecule has 3 rings (SSSR count). The Balaban J connectivity index is 2.21. The number of carboxylic acid groups (broad SMARTS) is 1. The van der Waals surface area contributed by atoms with E-state index in [0.717, 1.165) is 16.7 Å². The molecule has 118 valence electrons. The van der Waals surface area contributed by atoms with Crippen LogP contribution in [-0.2, 0) is 11.2 Å². The van der Waals surface area contributed by atoms with Gasteiger partial charge in [-0.15, -0.1) is 6.58 Å². The molecule has 0 radical (unpaired) electrons. The average Bonchev–Trinajstić information content (AvgIpc) is 2.64. The van der Waals surface area contributed by atoms with Crippen molar-refractivity contribution in [2.45, 2.75) is 31.1 Å². The number of allylic oxidation sites excluding steroid dienone is 1. The van der Waals surface area contributed by atoms with E-state index in [4.69, 9.17) is 0 Å². The number of hydrogen-bond donors (Lipinski definition) is 1. The number of carbonyl (C=O) groups is 1. The molecule has 2 nitrogen and oxygen atoms in total. The molecule has 1 aliphatic rings. The smallest absolute Gasteiger partial charge is 0.303 e. The van der Waals surface area contributed by atoms with E-state index in [1.165, 1.54) is 17.7 Å². The molecule has 0 heterocycles. The van der Waals surface area contributed by atoms with Crippen molar-refractivity contribution < 1.29 is 14.3 Å². The van der Waals surface area contributed by atoms with Crippen LogP contribution in [0.25, 0.3) is 0 Å². The minimum Gasteiger partial charge on any atom is -0.481 e. The van der Waals surface area contributed by atoms with Crippen LogP contribution >= 0.6 is 0 Å². The van der Waals surface area contributed by atoms with E-state index in [2.05, 4.69) is 18.7 Å². The molecule has 2 aromatic carbocycles. The van der Waals surface area contributed by atoms with Gasteiger partial charge in [-0.25, -0.2) is 4.39 Å². The summed E-state index contributed by atoms with van der Waals surface area (Å²) < 4.78 is 13.8. The number of rotatable bonds is 4. The average molecular weight is 310 g/mol. The number of fused-ring (bicyclic) bond motifs is 2. The van der Waals surface area contributed by atoms with Crippen molar-refractivity contribution in [2.24, 2.45) is 0 Å². The van der Waals surface area contributed by atoms with E-state index in [1.54, 1.807) is 6.07 Å². The molecule has 0 saturated heterocycles. The lowest BCUT2D eigenvalue weighted by Crippen LogP contribution is -2.15. The van der Waals surface area contributed by atoms with Gasteiger partial charge in [-0.2, -0.15) is 0 Å². The van der Waals surface area contributed by atoms with E-state index in [9.17, 15) is 14.3 Å². The van der Waals surface area contributed by atoms with Crippen LogP contribution in [0.2, 0.25) is 0 Å². The summed E-state index contributed by atoms with van der Waals surface area (Å²) in [6.07, 6.45) is 3.18. The Kier molecular flexibility index (Phi) is 4.28. The van der Waals surface area contributed by atoms with E-state index < -0.39 is 5.97 Å². The highest BCUT2D eigenvalue weighted by Crippen LogP contribution is 2.44. The molecule has 2 atom stereocenters. The van der Waals surface area contributed by atoms with Gasteiger partial charge in [-0.05, 0) is 53.1 Å². The second-order valence-electron chi connectivity index (χ2n) is 6.05.